The first-order chi connectivity index (χ1) is 12.7. The fourth-order valence-electron chi connectivity index (χ4n) is 2.73. The first kappa shape index (κ1) is 18.8. The number of carbonyl (C=O) groups excluding carboxylic acids is 2. The molecule has 3 rings (SSSR count). The number of hydrogen-bond donors (Lipinski definition) is 2. The summed E-state index contributed by atoms with van der Waals surface area (Å²) in [6.45, 7) is 6.98. The van der Waals surface area contributed by atoms with Crippen LogP contribution in [0.3, 0.4) is 0 Å². The van der Waals surface area contributed by atoms with Gasteiger partial charge in [0.1, 0.15) is 23.9 Å². The maximum absolute atomic E-state index is 13.3. The van der Waals surface area contributed by atoms with Crippen LogP contribution in [0.15, 0.2) is 36.4 Å². The molecule has 2 amide bonds. The molecule has 0 unspecified atom stereocenters. The molecule has 2 heterocycles. The Kier molecular flexibility index (Phi) is 5.12. The molecule has 0 atom stereocenters. The van der Waals surface area contributed by atoms with Crippen LogP contribution in [0.5, 0.6) is 0 Å². The van der Waals surface area contributed by atoms with Crippen molar-refractivity contribution in [2.24, 2.45) is 5.41 Å². The predicted octanol–water partition coefficient (Wildman–Crippen LogP) is 3.08. The van der Waals surface area contributed by atoms with Crippen LogP contribution in [0.2, 0.25) is 0 Å². The molecule has 0 fully saturated rings. The van der Waals surface area contributed by atoms with Crippen LogP contribution in [0.1, 0.15) is 36.8 Å². The molecule has 0 saturated heterocycles. The number of anilines is 2. The summed E-state index contributed by atoms with van der Waals surface area (Å²) in [6, 6.07) is 9.55. The minimum absolute atomic E-state index is 0.00205. The molecule has 27 heavy (non-hydrogen) atoms. The third-order valence-corrected chi connectivity index (χ3v) is 4.08. The topological polar surface area (TPSA) is 74.3 Å². The minimum atomic E-state index is -0.357. The number of pyridine rings is 1. The summed E-state index contributed by atoms with van der Waals surface area (Å²) in [7, 11) is 0. The highest BCUT2D eigenvalue weighted by Gasteiger charge is 2.30. The number of rotatable bonds is 5. The van der Waals surface area contributed by atoms with Crippen molar-refractivity contribution in [3.8, 4) is 0 Å². The van der Waals surface area contributed by atoms with Crippen molar-refractivity contribution in [3.63, 3.8) is 0 Å². The highest BCUT2D eigenvalue weighted by atomic mass is 19.1. The average Bonchev–Trinajstić information content (AvgIpc) is 2.88. The zero-order valence-electron chi connectivity index (χ0n) is 15.7. The van der Waals surface area contributed by atoms with Gasteiger partial charge in [0.05, 0.1) is 0 Å². The quantitative estimate of drug-likeness (QED) is 0.848. The van der Waals surface area contributed by atoms with E-state index in [0.29, 0.717) is 30.3 Å². The van der Waals surface area contributed by atoms with Crippen LogP contribution in [0, 0.1) is 11.2 Å². The molecule has 1 aromatic carbocycles. The van der Waals surface area contributed by atoms with Crippen molar-refractivity contribution in [1.82, 2.24) is 15.2 Å². The lowest BCUT2D eigenvalue weighted by Gasteiger charge is -2.20. The molecule has 2 N–H and O–H groups in total. The second-order valence-corrected chi connectivity index (χ2v) is 7.84. The van der Waals surface area contributed by atoms with Crippen LogP contribution >= 0.6 is 0 Å². The molecule has 0 bridgehead atoms. The fraction of sp³-hybridized carbons (Fsp3) is 0.350. The van der Waals surface area contributed by atoms with Crippen LogP contribution in [0.4, 0.5) is 15.9 Å². The molecule has 142 valence electrons. The third-order valence-electron chi connectivity index (χ3n) is 4.08. The van der Waals surface area contributed by atoms with Gasteiger partial charge in [0.25, 0.3) is 5.91 Å². The number of amides is 2. The van der Waals surface area contributed by atoms with E-state index >= 15 is 0 Å². The largest absolute Gasteiger partial charge is 0.354 e. The van der Waals surface area contributed by atoms with Gasteiger partial charge < -0.3 is 15.5 Å². The highest BCUT2D eigenvalue weighted by Crippen LogP contribution is 2.24. The predicted molar refractivity (Wildman–Crippen MR) is 101 cm³/mol. The molecular formula is C20H23FN4O2. The van der Waals surface area contributed by atoms with Crippen LogP contribution in [-0.4, -0.2) is 34.8 Å². The molecule has 0 radical (unpaired) electrons. The van der Waals surface area contributed by atoms with Gasteiger partial charge >= 0.3 is 0 Å². The smallest absolute Gasteiger partial charge is 0.273 e. The van der Waals surface area contributed by atoms with Crippen molar-refractivity contribution in [2.75, 3.05) is 18.4 Å². The van der Waals surface area contributed by atoms with Crippen molar-refractivity contribution < 1.29 is 14.0 Å². The number of carbonyl (C=O) groups is 2. The highest BCUT2D eigenvalue weighted by molar-refractivity contribution is 5.99. The van der Waals surface area contributed by atoms with Crippen LogP contribution in [0.25, 0.3) is 0 Å². The summed E-state index contributed by atoms with van der Waals surface area (Å²) in [5, 5.41) is 5.83. The van der Waals surface area contributed by atoms with Gasteiger partial charge in [-0.25, -0.2) is 9.37 Å². The number of aromatic nitrogens is 1. The van der Waals surface area contributed by atoms with E-state index in [9.17, 15) is 14.0 Å². The van der Waals surface area contributed by atoms with Crippen molar-refractivity contribution in [3.05, 3.63) is 53.5 Å². The lowest BCUT2D eigenvalue weighted by molar-refractivity contribution is -0.122. The minimum Gasteiger partial charge on any atom is -0.354 e. The number of nitrogens with zero attached hydrogens (tertiary/aromatic N) is 2. The molecule has 0 spiro atoms. The van der Waals surface area contributed by atoms with Gasteiger partial charge in [0.15, 0.2) is 0 Å². The molecule has 2 aromatic rings. The van der Waals surface area contributed by atoms with Gasteiger partial charge in [0.2, 0.25) is 5.91 Å². The Hall–Kier alpha value is -2.96. The lowest BCUT2D eigenvalue weighted by atomic mass is 9.97. The van der Waals surface area contributed by atoms with Gasteiger partial charge in [-0.2, -0.15) is 0 Å². The summed E-state index contributed by atoms with van der Waals surface area (Å²) in [5.74, 6) is -0.376. The number of benzene rings is 1. The van der Waals surface area contributed by atoms with E-state index in [1.165, 1.54) is 17.0 Å². The maximum Gasteiger partial charge on any atom is 0.273 e. The van der Waals surface area contributed by atoms with Gasteiger partial charge in [-0.3, -0.25) is 9.59 Å². The Balaban J connectivity index is 1.66. The summed E-state index contributed by atoms with van der Waals surface area (Å²) < 4.78 is 13.3. The molecule has 1 aromatic heterocycles. The molecule has 1 aliphatic heterocycles. The third kappa shape index (κ3) is 4.81. The Morgan fingerprint density at radius 3 is 2.74 bits per heavy atom. The van der Waals surface area contributed by atoms with Gasteiger partial charge in [0, 0.05) is 24.3 Å². The lowest BCUT2D eigenvalue weighted by Crippen LogP contribution is -2.40. The van der Waals surface area contributed by atoms with E-state index in [-0.39, 0.29) is 29.6 Å². The SMILES string of the molecule is CC(C)(C)CNC(=O)CN1Cc2ccc(Nc3cccc(F)c3)nc2C1=O. The van der Waals surface area contributed by atoms with Gasteiger partial charge in [-0.1, -0.05) is 32.9 Å². The first-order valence-corrected chi connectivity index (χ1v) is 8.80. The summed E-state index contributed by atoms with van der Waals surface area (Å²) in [4.78, 5) is 30.5. The molecule has 7 heteroatoms. The number of hydrogen-bond acceptors (Lipinski definition) is 4. The van der Waals surface area contributed by atoms with E-state index < -0.39 is 0 Å². The van der Waals surface area contributed by atoms with Crippen LogP contribution in [-0.2, 0) is 11.3 Å². The van der Waals surface area contributed by atoms with Gasteiger partial charge in [-0.15, -0.1) is 0 Å². The second-order valence-electron chi connectivity index (χ2n) is 7.84. The van der Waals surface area contributed by atoms with Crippen molar-refractivity contribution in [1.29, 1.82) is 0 Å². The monoisotopic (exact) mass is 370 g/mol. The average molecular weight is 370 g/mol. The zero-order chi connectivity index (χ0) is 19.6. The van der Waals surface area contributed by atoms with Crippen molar-refractivity contribution in [2.45, 2.75) is 27.3 Å². The van der Waals surface area contributed by atoms with Crippen LogP contribution < -0.4 is 10.6 Å². The molecule has 6 nitrogen and oxygen atoms in total. The Labute approximate surface area is 157 Å². The van der Waals surface area contributed by atoms with Gasteiger partial charge in [-0.05, 0) is 29.7 Å². The molecular weight excluding hydrogens is 347 g/mol. The number of nitrogens with one attached hydrogen (secondary N) is 2. The number of fused-ring (bicyclic) bond motifs is 1. The second kappa shape index (κ2) is 7.34. The zero-order valence-corrected chi connectivity index (χ0v) is 15.7. The Morgan fingerprint density at radius 1 is 1.26 bits per heavy atom. The maximum atomic E-state index is 13.3. The van der Waals surface area contributed by atoms with E-state index in [0.717, 1.165) is 5.56 Å². The van der Waals surface area contributed by atoms with E-state index in [1.807, 2.05) is 20.8 Å². The Bertz CT molecular complexity index is 877. The normalized spacial score (nSPS) is 13.5. The summed E-state index contributed by atoms with van der Waals surface area (Å²) in [5.41, 5.74) is 1.62. The first-order valence-electron chi connectivity index (χ1n) is 8.80. The summed E-state index contributed by atoms with van der Waals surface area (Å²) in [6.07, 6.45) is 0. The number of halogens is 1. The van der Waals surface area contributed by atoms with Crippen molar-refractivity contribution >= 4 is 23.3 Å². The molecule has 0 aliphatic carbocycles. The van der Waals surface area contributed by atoms with E-state index in [1.54, 1.807) is 24.3 Å². The van der Waals surface area contributed by atoms with E-state index in [2.05, 4.69) is 15.6 Å². The Morgan fingerprint density at radius 2 is 2.04 bits per heavy atom. The standard InChI is InChI=1S/C20H23FN4O2/c1-20(2,3)12-22-17(26)11-25-10-13-7-8-16(24-18(13)19(25)27)23-15-6-4-5-14(21)9-15/h4-9H,10-12H2,1-3H3,(H,22,26)(H,23,24). The molecule has 0 saturated carbocycles. The van der Waals surface area contributed by atoms with E-state index in [4.69, 9.17) is 0 Å². The summed E-state index contributed by atoms with van der Waals surface area (Å²) >= 11 is 0. The molecule has 1 aliphatic rings. The fourth-order valence-corrected chi connectivity index (χ4v) is 2.73.